The second-order valence-electron chi connectivity index (χ2n) is 5.63. The highest BCUT2D eigenvalue weighted by atomic mass is 35.5. The van der Waals surface area contributed by atoms with Crippen LogP contribution in [0.2, 0.25) is 5.02 Å². The number of ether oxygens (including phenoxy) is 1. The van der Waals surface area contributed by atoms with Gasteiger partial charge in [0.15, 0.2) is 6.10 Å². The molecule has 0 amide bonds. The first-order chi connectivity index (χ1) is 12.6. The van der Waals surface area contributed by atoms with Crippen molar-refractivity contribution in [3.63, 3.8) is 0 Å². The van der Waals surface area contributed by atoms with E-state index < -0.39 is 12.1 Å². The summed E-state index contributed by atoms with van der Waals surface area (Å²) in [4.78, 5) is 13.8. The smallest absolute Gasteiger partial charge is 0.345 e. The number of carbonyl (C=O) groups is 1. The van der Waals surface area contributed by atoms with Crippen LogP contribution < -0.4 is 4.74 Å². The van der Waals surface area contributed by atoms with Gasteiger partial charge in [0, 0.05) is 21.2 Å². The predicted molar refractivity (Wildman–Crippen MR) is 104 cm³/mol. The highest BCUT2D eigenvalue weighted by molar-refractivity contribution is 7.99. The van der Waals surface area contributed by atoms with Crippen LogP contribution in [0.1, 0.15) is 5.56 Å². The Morgan fingerprint density at radius 2 is 1.73 bits per heavy atom. The largest absolute Gasteiger partial charge is 0.478 e. The number of carboxylic acid groups (broad SMARTS) is 1. The number of aliphatic carboxylic acids is 1. The van der Waals surface area contributed by atoms with E-state index in [2.05, 4.69) is 0 Å². The van der Waals surface area contributed by atoms with E-state index in [4.69, 9.17) is 16.3 Å². The van der Waals surface area contributed by atoms with E-state index in [0.29, 0.717) is 10.8 Å². The summed E-state index contributed by atoms with van der Waals surface area (Å²) in [7, 11) is 0. The Hall–Kier alpha value is -2.43. The van der Waals surface area contributed by atoms with Crippen LogP contribution in [-0.2, 0) is 11.2 Å². The van der Waals surface area contributed by atoms with Crippen LogP contribution in [-0.4, -0.2) is 17.2 Å². The summed E-state index contributed by atoms with van der Waals surface area (Å²) in [5, 5.41) is 10.1. The standard InChI is InChI=1S/C21H17ClO3S/c22-16-8-6-9-17(14-16)25-19(21(23)24)13-15-7-4-5-12-20(15)26-18-10-2-1-3-11-18/h1-12,14,19H,13H2,(H,23,24). The highest BCUT2D eigenvalue weighted by Crippen LogP contribution is 2.31. The Bertz CT molecular complexity index is 883. The summed E-state index contributed by atoms with van der Waals surface area (Å²) in [6, 6.07) is 24.5. The quantitative estimate of drug-likeness (QED) is 0.578. The first-order valence-corrected chi connectivity index (χ1v) is 9.27. The van der Waals surface area contributed by atoms with E-state index in [9.17, 15) is 9.90 Å². The van der Waals surface area contributed by atoms with Crippen molar-refractivity contribution >= 4 is 29.3 Å². The Morgan fingerprint density at radius 3 is 2.46 bits per heavy atom. The second-order valence-corrected chi connectivity index (χ2v) is 7.18. The summed E-state index contributed by atoms with van der Waals surface area (Å²) in [5.41, 5.74) is 0.927. The number of benzene rings is 3. The van der Waals surface area contributed by atoms with Gasteiger partial charge in [-0.05, 0) is 42.0 Å². The van der Waals surface area contributed by atoms with Crippen molar-refractivity contribution in [1.29, 1.82) is 0 Å². The van der Waals surface area contributed by atoms with Gasteiger partial charge in [-0.2, -0.15) is 0 Å². The maximum atomic E-state index is 11.7. The zero-order valence-electron chi connectivity index (χ0n) is 13.8. The Morgan fingerprint density at radius 1 is 1.00 bits per heavy atom. The van der Waals surface area contributed by atoms with Crippen molar-refractivity contribution in [2.24, 2.45) is 0 Å². The third kappa shape index (κ3) is 5.04. The monoisotopic (exact) mass is 384 g/mol. The average Bonchev–Trinajstić information content (AvgIpc) is 2.63. The van der Waals surface area contributed by atoms with Gasteiger partial charge in [0.05, 0.1) is 0 Å². The number of hydrogen-bond acceptors (Lipinski definition) is 3. The molecule has 1 N–H and O–H groups in total. The number of hydrogen-bond donors (Lipinski definition) is 1. The van der Waals surface area contributed by atoms with Crippen molar-refractivity contribution in [1.82, 2.24) is 0 Å². The lowest BCUT2D eigenvalue weighted by atomic mass is 10.1. The summed E-state index contributed by atoms with van der Waals surface area (Å²) in [5.74, 6) is -0.567. The Labute approximate surface area is 161 Å². The molecule has 0 fully saturated rings. The molecule has 0 saturated heterocycles. The molecular weight excluding hydrogens is 368 g/mol. The van der Waals surface area contributed by atoms with Crippen LogP contribution in [0.15, 0.2) is 88.7 Å². The minimum Gasteiger partial charge on any atom is -0.478 e. The maximum absolute atomic E-state index is 11.7. The van der Waals surface area contributed by atoms with Gasteiger partial charge in [0.25, 0.3) is 0 Å². The lowest BCUT2D eigenvalue weighted by molar-refractivity contribution is -0.145. The molecule has 3 rings (SSSR count). The molecule has 3 aromatic carbocycles. The minimum absolute atomic E-state index is 0.262. The van der Waals surface area contributed by atoms with Gasteiger partial charge in [-0.1, -0.05) is 65.8 Å². The van der Waals surface area contributed by atoms with E-state index >= 15 is 0 Å². The molecule has 3 aromatic rings. The van der Waals surface area contributed by atoms with Gasteiger partial charge in [-0.25, -0.2) is 4.79 Å². The van der Waals surface area contributed by atoms with Crippen molar-refractivity contribution in [3.05, 3.63) is 89.4 Å². The molecule has 1 atom stereocenters. The third-order valence-electron chi connectivity index (χ3n) is 3.70. The van der Waals surface area contributed by atoms with Crippen LogP contribution in [0.25, 0.3) is 0 Å². The van der Waals surface area contributed by atoms with E-state index in [1.165, 1.54) is 0 Å². The Kier molecular flexibility index (Phi) is 6.21. The third-order valence-corrected chi connectivity index (χ3v) is 5.06. The zero-order chi connectivity index (χ0) is 18.4. The van der Waals surface area contributed by atoms with E-state index in [-0.39, 0.29) is 6.42 Å². The fourth-order valence-corrected chi connectivity index (χ4v) is 3.63. The molecule has 0 spiro atoms. The summed E-state index contributed by atoms with van der Waals surface area (Å²) in [6.45, 7) is 0. The lowest BCUT2D eigenvalue weighted by Gasteiger charge is -2.17. The molecule has 0 bridgehead atoms. The van der Waals surface area contributed by atoms with Crippen molar-refractivity contribution < 1.29 is 14.6 Å². The average molecular weight is 385 g/mol. The number of carboxylic acids is 1. The van der Waals surface area contributed by atoms with Crippen LogP contribution in [0.5, 0.6) is 5.75 Å². The van der Waals surface area contributed by atoms with E-state index in [0.717, 1.165) is 15.4 Å². The molecule has 0 aliphatic carbocycles. The molecule has 0 aliphatic heterocycles. The van der Waals surface area contributed by atoms with Crippen molar-refractivity contribution in [2.75, 3.05) is 0 Å². The summed E-state index contributed by atoms with van der Waals surface area (Å²) < 4.78 is 5.67. The van der Waals surface area contributed by atoms with Crippen LogP contribution in [0.4, 0.5) is 0 Å². The summed E-state index contributed by atoms with van der Waals surface area (Å²) >= 11 is 7.56. The zero-order valence-corrected chi connectivity index (χ0v) is 15.4. The maximum Gasteiger partial charge on any atom is 0.345 e. The molecular formula is C21H17ClO3S. The van der Waals surface area contributed by atoms with E-state index in [1.807, 2.05) is 54.6 Å². The predicted octanol–water partition coefficient (Wildman–Crippen LogP) is 5.57. The van der Waals surface area contributed by atoms with E-state index in [1.54, 1.807) is 36.0 Å². The first-order valence-electron chi connectivity index (χ1n) is 8.07. The molecule has 0 aliphatic rings. The number of rotatable bonds is 7. The molecule has 0 aromatic heterocycles. The van der Waals surface area contributed by atoms with Crippen molar-refractivity contribution in [2.45, 2.75) is 22.3 Å². The molecule has 0 saturated carbocycles. The molecule has 1 unspecified atom stereocenters. The molecule has 0 heterocycles. The van der Waals surface area contributed by atoms with Gasteiger partial charge in [-0.3, -0.25) is 0 Å². The normalized spacial score (nSPS) is 11.7. The topological polar surface area (TPSA) is 46.5 Å². The van der Waals surface area contributed by atoms with Crippen molar-refractivity contribution in [3.8, 4) is 5.75 Å². The van der Waals surface area contributed by atoms with Gasteiger partial charge >= 0.3 is 5.97 Å². The number of halogens is 1. The van der Waals surface area contributed by atoms with Gasteiger partial charge in [-0.15, -0.1) is 0 Å². The molecule has 5 heteroatoms. The Balaban J connectivity index is 1.80. The lowest BCUT2D eigenvalue weighted by Crippen LogP contribution is -2.29. The van der Waals surface area contributed by atoms with Gasteiger partial charge in [0.2, 0.25) is 0 Å². The van der Waals surface area contributed by atoms with Crippen LogP contribution in [0, 0.1) is 0 Å². The summed E-state index contributed by atoms with van der Waals surface area (Å²) in [6.07, 6.45) is -0.733. The SMILES string of the molecule is O=C(O)C(Cc1ccccc1Sc1ccccc1)Oc1cccc(Cl)c1. The first kappa shape index (κ1) is 18.4. The minimum atomic E-state index is -1.01. The fraction of sp³-hybridized carbons (Fsp3) is 0.0952. The van der Waals surface area contributed by atoms with Crippen LogP contribution in [0.3, 0.4) is 0 Å². The fourth-order valence-electron chi connectivity index (χ4n) is 2.47. The molecule has 3 nitrogen and oxygen atoms in total. The second kappa shape index (κ2) is 8.79. The van der Waals surface area contributed by atoms with Gasteiger partial charge < -0.3 is 9.84 Å². The highest BCUT2D eigenvalue weighted by Gasteiger charge is 2.22. The van der Waals surface area contributed by atoms with Gasteiger partial charge in [0.1, 0.15) is 5.75 Å². The molecule has 0 radical (unpaired) electrons. The van der Waals surface area contributed by atoms with Crippen LogP contribution >= 0.6 is 23.4 Å². The molecule has 26 heavy (non-hydrogen) atoms. The molecule has 132 valence electrons.